The van der Waals surface area contributed by atoms with Crippen molar-refractivity contribution in [3.05, 3.63) is 29.0 Å². The topological polar surface area (TPSA) is 51.2 Å². The molecule has 8 heteroatoms. The van der Waals surface area contributed by atoms with Gasteiger partial charge in [-0.2, -0.15) is 13.2 Å². The Morgan fingerprint density at radius 2 is 2.00 bits per heavy atom. The standard InChI is InChI=1S/C12H14ClF3N2O2/c1-11(2,3)20-10(19)18-9(12(14,15)16)8-6-7(13)4-5-17-8/h4-6,9H,1-3H3,(H,18,19). The van der Waals surface area contributed by atoms with E-state index in [1.165, 1.54) is 6.07 Å². The number of hydrogen-bond acceptors (Lipinski definition) is 3. The minimum Gasteiger partial charge on any atom is -0.444 e. The zero-order valence-electron chi connectivity index (χ0n) is 11.1. The van der Waals surface area contributed by atoms with E-state index in [4.69, 9.17) is 16.3 Å². The van der Waals surface area contributed by atoms with Crippen LogP contribution in [-0.2, 0) is 4.74 Å². The molecule has 1 aromatic rings. The van der Waals surface area contributed by atoms with Gasteiger partial charge >= 0.3 is 12.3 Å². The fourth-order valence-electron chi connectivity index (χ4n) is 1.33. The first-order chi connectivity index (χ1) is 8.99. The maximum absolute atomic E-state index is 13.0. The number of ether oxygens (including phenoxy) is 1. The molecule has 112 valence electrons. The zero-order valence-corrected chi connectivity index (χ0v) is 11.8. The summed E-state index contributed by atoms with van der Waals surface area (Å²) in [5.41, 5.74) is -1.31. The minimum absolute atomic E-state index is 0.0928. The molecular weight excluding hydrogens is 297 g/mol. The second-order valence-corrected chi connectivity index (χ2v) is 5.46. The molecule has 20 heavy (non-hydrogen) atoms. The maximum atomic E-state index is 13.0. The van der Waals surface area contributed by atoms with Crippen molar-refractivity contribution in [2.75, 3.05) is 0 Å². The van der Waals surface area contributed by atoms with Crippen LogP contribution in [0.25, 0.3) is 0 Å². The summed E-state index contributed by atoms with van der Waals surface area (Å²) in [6.07, 6.45) is -4.76. The monoisotopic (exact) mass is 310 g/mol. The van der Waals surface area contributed by atoms with Gasteiger partial charge in [-0.1, -0.05) is 11.6 Å². The Kier molecular flexibility index (Phi) is 4.86. The zero-order chi connectivity index (χ0) is 15.6. The van der Waals surface area contributed by atoms with Gasteiger partial charge in [0.1, 0.15) is 5.60 Å². The van der Waals surface area contributed by atoms with Crippen molar-refractivity contribution >= 4 is 17.7 Å². The number of hydrogen-bond donors (Lipinski definition) is 1. The van der Waals surface area contributed by atoms with Gasteiger partial charge in [-0.05, 0) is 32.9 Å². The molecule has 1 N–H and O–H groups in total. The van der Waals surface area contributed by atoms with Crippen LogP contribution in [0, 0.1) is 0 Å². The summed E-state index contributed by atoms with van der Waals surface area (Å²) in [4.78, 5) is 15.1. The van der Waals surface area contributed by atoms with E-state index in [-0.39, 0.29) is 5.02 Å². The first-order valence-corrected chi connectivity index (χ1v) is 6.04. The van der Waals surface area contributed by atoms with Crippen LogP contribution in [0.2, 0.25) is 5.02 Å². The molecule has 4 nitrogen and oxygen atoms in total. The van der Waals surface area contributed by atoms with Gasteiger partial charge in [0.15, 0.2) is 6.04 Å². The number of alkyl carbamates (subject to hydrolysis) is 1. The number of rotatable bonds is 2. The van der Waals surface area contributed by atoms with Gasteiger partial charge in [-0.15, -0.1) is 0 Å². The largest absolute Gasteiger partial charge is 0.444 e. The summed E-state index contributed by atoms with van der Waals surface area (Å²) in [7, 11) is 0. The van der Waals surface area contributed by atoms with E-state index in [0.717, 1.165) is 12.3 Å². The van der Waals surface area contributed by atoms with Gasteiger partial charge in [-0.25, -0.2) is 4.79 Å². The van der Waals surface area contributed by atoms with E-state index in [0.29, 0.717) is 0 Å². The average Bonchev–Trinajstić information content (AvgIpc) is 2.21. The van der Waals surface area contributed by atoms with E-state index >= 15 is 0 Å². The van der Waals surface area contributed by atoms with E-state index in [1.807, 2.05) is 0 Å². The number of halogens is 4. The Bertz CT molecular complexity index is 486. The summed E-state index contributed by atoms with van der Waals surface area (Å²) < 4.78 is 43.7. The maximum Gasteiger partial charge on any atom is 0.414 e. The van der Waals surface area contributed by atoms with Crippen molar-refractivity contribution < 1.29 is 22.7 Å². The lowest BCUT2D eigenvalue weighted by Crippen LogP contribution is -2.41. The molecule has 0 aliphatic rings. The molecule has 0 aliphatic carbocycles. The van der Waals surface area contributed by atoms with Crippen LogP contribution in [-0.4, -0.2) is 22.9 Å². The highest BCUT2D eigenvalue weighted by Crippen LogP contribution is 2.32. The molecule has 1 unspecified atom stereocenters. The van der Waals surface area contributed by atoms with Gasteiger partial charge in [0.05, 0.1) is 5.69 Å². The number of pyridine rings is 1. The highest BCUT2D eigenvalue weighted by molar-refractivity contribution is 6.30. The predicted octanol–water partition coefficient (Wildman–Crippen LogP) is 3.86. The summed E-state index contributed by atoms with van der Waals surface area (Å²) in [5.74, 6) is 0. The molecular formula is C12H14ClF3N2O2. The highest BCUT2D eigenvalue weighted by Gasteiger charge is 2.43. The average molecular weight is 311 g/mol. The SMILES string of the molecule is CC(C)(C)OC(=O)NC(c1cc(Cl)ccn1)C(F)(F)F. The molecule has 1 amide bonds. The Morgan fingerprint density at radius 1 is 1.40 bits per heavy atom. The molecule has 0 saturated carbocycles. The van der Waals surface area contributed by atoms with Crippen molar-refractivity contribution in [1.29, 1.82) is 0 Å². The number of amides is 1. The number of nitrogens with zero attached hydrogens (tertiary/aromatic N) is 1. The molecule has 0 spiro atoms. The minimum atomic E-state index is -4.71. The van der Waals surface area contributed by atoms with Crippen LogP contribution < -0.4 is 5.32 Å². The third-order valence-electron chi connectivity index (χ3n) is 2.03. The van der Waals surface area contributed by atoms with Crippen LogP contribution >= 0.6 is 11.6 Å². The summed E-state index contributed by atoms with van der Waals surface area (Å²) in [6, 6.07) is 0.0966. The number of nitrogens with one attached hydrogen (secondary N) is 1. The number of carbonyl (C=O) groups excluding carboxylic acids is 1. The van der Waals surface area contributed by atoms with Crippen molar-refractivity contribution in [3.63, 3.8) is 0 Å². The molecule has 0 bridgehead atoms. The van der Waals surface area contributed by atoms with Crippen LogP contribution in [0.5, 0.6) is 0 Å². The third kappa shape index (κ3) is 5.24. The van der Waals surface area contributed by atoms with E-state index in [2.05, 4.69) is 4.98 Å². The number of alkyl halides is 3. The van der Waals surface area contributed by atoms with Crippen LogP contribution in [0.3, 0.4) is 0 Å². The van der Waals surface area contributed by atoms with Crippen LogP contribution in [0.4, 0.5) is 18.0 Å². The van der Waals surface area contributed by atoms with Crippen molar-refractivity contribution in [1.82, 2.24) is 10.3 Å². The molecule has 0 aromatic carbocycles. The summed E-state index contributed by atoms with van der Waals surface area (Å²) in [6.45, 7) is 4.65. The fraction of sp³-hybridized carbons (Fsp3) is 0.500. The van der Waals surface area contributed by atoms with Gasteiger partial charge in [-0.3, -0.25) is 4.98 Å². The summed E-state index contributed by atoms with van der Waals surface area (Å²) >= 11 is 5.63. The Morgan fingerprint density at radius 3 is 2.45 bits per heavy atom. The summed E-state index contributed by atoms with van der Waals surface area (Å²) in [5, 5.41) is 1.84. The lowest BCUT2D eigenvalue weighted by molar-refractivity contribution is -0.157. The molecule has 0 aliphatic heterocycles. The Hall–Kier alpha value is -1.50. The van der Waals surface area contributed by atoms with Crippen LogP contribution in [0.1, 0.15) is 32.5 Å². The molecule has 0 fully saturated rings. The fourth-order valence-corrected chi connectivity index (χ4v) is 1.50. The quantitative estimate of drug-likeness (QED) is 0.902. The van der Waals surface area contributed by atoms with Crippen LogP contribution in [0.15, 0.2) is 18.3 Å². The van der Waals surface area contributed by atoms with Crippen molar-refractivity contribution in [3.8, 4) is 0 Å². The molecule has 0 radical (unpaired) electrons. The van der Waals surface area contributed by atoms with Crippen molar-refractivity contribution in [2.45, 2.75) is 38.6 Å². The molecule has 1 heterocycles. The van der Waals surface area contributed by atoms with E-state index in [9.17, 15) is 18.0 Å². The second kappa shape index (κ2) is 5.87. The smallest absolute Gasteiger partial charge is 0.414 e. The predicted molar refractivity (Wildman–Crippen MR) is 67.4 cm³/mol. The van der Waals surface area contributed by atoms with E-state index in [1.54, 1.807) is 26.1 Å². The first kappa shape index (κ1) is 16.6. The van der Waals surface area contributed by atoms with Gasteiger partial charge in [0, 0.05) is 11.2 Å². The number of carbonyl (C=O) groups is 1. The molecule has 1 rings (SSSR count). The lowest BCUT2D eigenvalue weighted by atomic mass is 10.2. The van der Waals surface area contributed by atoms with Gasteiger partial charge < -0.3 is 10.1 Å². The Labute approximate surface area is 119 Å². The Balaban J connectivity index is 2.95. The molecule has 0 saturated heterocycles. The molecule has 1 aromatic heterocycles. The first-order valence-electron chi connectivity index (χ1n) is 5.67. The van der Waals surface area contributed by atoms with E-state index < -0.39 is 29.6 Å². The highest BCUT2D eigenvalue weighted by atomic mass is 35.5. The van der Waals surface area contributed by atoms with Gasteiger partial charge in [0.2, 0.25) is 0 Å². The van der Waals surface area contributed by atoms with Gasteiger partial charge in [0.25, 0.3) is 0 Å². The normalized spacial score (nSPS) is 13.8. The number of aromatic nitrogens is 1. The van der Waals surface area contributed by atoms with Crippen molar-refractivity contribution in [2.24, 2.45) is 0 Å². The third-order valence-corrected chi connectivity index (χ3v) is 2.26. The second-order valence-electron chi connectivity index (χ2n) is 5.02. The lowest BCUT2D eigenvalue weighted by Gasteiger charge is -2.24. The molecule has 1 atom stereocenters.